The number of aromatic nitrogens is 1. The molecule has 0 radical (unpaired) electrons. The number of aryl methyl sites for hydroxylation is 3. The van der Waals surface area contributed by atoms with Gasteiger partial charge in [0.25, 0.3) is 5.91 Å². The number of nitrogens with zero attached hydrogens (tertiary/aromatic N) is 2. The third kappa shape index (κ3) is 2.87. The van der Waals surface area contributed by atoms with Gasteiger partial charge in [-0.3, -0.25) is 9.78 Å². The van der Waals surface area contributed by atoms with Crippen LogP contribution in [-0.4, -0.2) is 17.4 Å². The lowest BCUT2D eigenvalue weighted by molar-refractivity contribution is 0.0988. The Balaban J connectivity index is 2.39. The average Bonchev–Trinajstić information content (AvgIpc) is 2.44. The van der Waals surface area contributed by atoms with Gasteiger partial charge in [-0.1, -0.05) is 12.1 Å². The molecule has 0 saturated carbocycles. The fraction of sp³-hybridized carbons (Fsp3) is 0.294. The van der Waals surface area contributed by atoms with Gasteiger partial charge in [0.05, 0.1) is 5.56 Å². The van der Waals surface area contributed by atoms with Crippen LogP contribution in [0.1, 0.15) is 34.1 Å². The molecular weight excluding hydrogens is 248 g/mol. The highest BCUT2D eigenvalue weighted by Crippen LogP contribution is 2.23. The predicted octanol–water partition coefficient (Wildman–Crippen LogP) is 3.67. The number of hydrogen-bond donors (Lipinski definition) is 0. The van der Waals surface area contributed by atoms with Gasteiger partial charge in [0.1, 0.15) is 0 Å². The van der Waals surface area contributed by atoms with Gasteiger partial charge in [-0.15, -0.1) is 0 Å². The maximum absolute atomic E-state index is 12.6. The molecule has 0 saturated heterocycles. The molecule has 0 bridgehead atoms. The van der Waals surface area contributed by atoms with Gasteiger partial charge in [-0.25, -0.2) is 0 Å². The first kappa shape index (κ1) is 14.3. The molecule has 1 heterocycles. The molecule has 0 aliphatic rings. The summed E-state index contributed by atoms with van der Waals surface area (Å²) in [5, 5.41) is 0. The van der Waals surface area contributed by atoms with E-state index in [-0.39, 0.29) is 5.91 Å². The van der Waals surface area contributed by atoms with Gasteiger partial charge in [0.15, 0.2) is 0 Å². The summed E-state index contributed by atoms with van der Waals surface area (Å²) in [6, 6.07) is 9.86. The van der Waals surface area contributed by atoms with E-state index >= 15 is 0 Å². The minimum atomic E-state index is -0.00583. The van der Waals surface area contributed by atoms with Crippen LogP contribution in [0.4, 0.5) is 5.69 Å². The molecule has 1 aromatic carbocycles. The lowest BCUT2D eigenvalue weighted by Gasteiger charge is -2.23. The van der Waals surface area contributed by atoms with Crippen molar-refractivity contribution < 1.29 is 4.79 Å². The van der Waals surface area contributed by atoms with Crippen LogP contribution < -0.4 is 4.90 Å². The molecule has 2 aromatic rings. The van der Waals surface area contributed by atoms with E-state index in [1.165, 1.54) is 0 Å². The zero-order chi connectivity index (χ0) is 14.7. The van der Waals surface area contributed by atoms with Crippen LogP contribution in [0.15, 0.2) is 36.5 Å². The largest absolute Gasteiger partial charge is 0.308 e. The molecule has 3 heteroatoms. The van der Waals surface area contributed by atoms with Crippen molar-refractivity contribution in [1.82, 2.24) is 4.98 Å². The van der Waals surface area contributed by atoms with Gasteiger partial charge >= 0.3 is 0 Å². The van der Waals surface area contributed by atoms with E-state index in [4.69, 9.17) is 0 Å². The molecule has 0 unspecified atom stereocenters. The molecule has 20 heavy (non-hydrogen) atoms. The first-order chi connectivity index (χ1) is 9.52. The van der Waals surface area contributed by atoms with Gasteiger partial charge in [-0.2, -0.15) is 0 Å². The molecule has 0 spiro atoms. The summed E-state index contributed by atoms with van der Waals surface area (Å²) in [6.07, 6.45) is 1.64. The van der Waals surface area contributed by atoms with Crippen LogP contribution in [0.5, 0.6) is 0 Å². The van der Waals surface area contributed by atoms with E-state index in [0.717, 1.165) is 22.5 Å². The Morgan fingerprint density at radius 2 is 1.90 bits per heavy atom. The fourth-order valence-corrected chi connectivity index (χ4v) is 2.18. The maximum Gasteiger partial charge on any atom is 0.259 e. The average molecular weight is 268 g/mol. The van der Waals surface area contributed by atoms with Crippen LogP contribution in [0.25, 0.3) is 0 Å². The van der Waals surface area contributed by atoms with Crippen molar-refractivity contribution in [3.8, 4) is 0 Å². The number of anilines is 1. The Morgan fingerprint density at radius 3 is 2.50 bits per heavy atom. The second-order valence-electron chi connectivity index (χ2n) is 5.03. The van der Waals surface area contributed by atoms with Crippen LogP contribution >= 0.6 is 0 Å². The number of rotatable bonds is 3. The third-order valence-electron chi connectivity index (χ3n) is 3.38. The molecule has 1 aromatic heterocycles. The number of pyridine rings is 1. The maximum atomic E-state index is 12.6. The van der Waals surface area contributed by atoms with E-state index in [9.17, 15) is 4.79 Å². The quantitative estimate of drug-likeness (QED) is 0.851. The molecule has 0 aliphatic carbocycles. The smallest absolute Gasteiger partial charge is 0.259 e. The van der Waals surface area contributed by atoms with Crippen molar-refractivity contribution in [1.29, 1.82) is 0 Å². The van der Waals surface area contributed by atoms with Crippen LogP contribution in [0.2, 0.25) is 0 Å². The second-order valence-corrected chi connectivity index (χ2v) is 5.03. The summed E-state index contributed by atoms with van der Waals surface area (Å²) in [4.78, 5) is 18.6. The molecule has 0 N–H and O–H groups in total. The van der Waals surface area contributed by atoms with Crippen molar-refractivity contribution in [3.63, 3.8) is 0 Å². The minimum Gasteiger partial charge on any atom is -0.308 e. The van der Waals surface area contributed by atoms with Crippen molar-refractivity contribution >= 4 is 11.6 Å². The summed E-state index contributed by atoms with van der Waals surface area (Å²) in [7, 11) is 0. The number of amides is 1. The number of benzene rings is 1. The molecule has 3 nitrogen and oxygen atoms in total. The van der Waals surface area contributed by atoms with Gasteiger partial charge in [0.2, 0.25) is 0 Å². The van der Waals surface area contributed by atoms with Crippen molar-refractivity contribution in [2.45, 2.75) is 27.7 Å². The predicted molar refractivity (Wildman–Crippen MR) is 82.2 cm³/mol. The van der Waals surface area contributed by atoms with E-state index < -0.39 is 0 Å². The lowest BCUT2D eigenvalue weighted by Crippen LogP contribution is -2.31. The van der Waals surface area contributed by atoms with E-state index in [2.05, 4.69) is 17.1 Å². The van der Waals surface area contributed by atoms with E-state index in [1.807, 2.05) is 45.9 Å². The van der Waals surface area contributed by atoms with Crippen LogP contribution in [0.3, 0.4) is 0 Å². The summed E-state index contributed by atoms with van der Waals surface area (Å²) >= 11 is 0. The second kappa shape index (κ2) is 5.87. The van der Waals surface area contributed by atoms with Crippen LogP contribution in [0, 0.1) is 20.8 Å². The number of hydrogen-bond acceptors (Lipinski definition) is 2. The highest BCUT2D eigenvalue weighted by Gasteiger charge is 2.18. The van der Waals surface area contributed by atoms with Crippen molar-refractivity contribution in [3.05, 3.63) is 58.9 Å². The molecular formula is C17H20N2O. The fourth-order valence-electron chi connectivity index (χ4n) is 2.18. The lowest BCUT2D eigenvalue weighted by atomic mass is 10.1. The van der Waals surface area contributed by atoms with Gasteiger partial charge in [-0.05, 0) is 57.0 Å². The number of carbonyl (C=O) groups excluding carboxylic acids is 1. The Morgan fingerprint density at radius 1 is 1.15 bits per heavy atom. The van der Waals surface area contributed by atoms with E-state index in [0.29, 0.717) is 12.1 Å². The Hall–Kier alpha value is -2.16. The Labute approximate surface area is 120 Å². The zero-order valence-corrected chi connectivity index (χ0v) is 12.5. The molecule has 0 atom stereocenters. The van der Waals surface area contributed by atoms with Crippen LogP contribution in [-0.2, 0) is 0 Å². The first-order valence-corrected chi connectivity index (χ1v) is 6.84. The molecule has 0 aliphatic heterocycles. The topological polar surface area (TPSA) is 33.2 Å². The monoisotopic (exact) mass is 268 g/mol. The molecule has 104 valence electrons. The first-order valence-electron chi connectivity index (χ1n) is 6.84. The van der Waals surface area contributed by atoms with Gasteiger partial charge in [0, 0.05) is 24.1 Å². The summed E-state index contributed by atoms with van der Waals surface area (Å²) < 4.78 is 0. The third-order valence-corrected chi connectivity index (χ3v) is 3.38. The Bertz CT molecular complexity index is 617. The molecule has 0 fully saturated rings. The SMILES string of the molecule is CCN(C(=O)c1ccc(C)nc1)c1cc(C)ccc1C. The van der Waals surface area contributed by atoms with Crippen molar-refractivity contribution in [2.24, 2.45) is 0 Å². The minimum absolute atomic E-state index is 0.00583. The summed E-state index contributed by atoms with van der Waals surface area (Å²) in [5.74, 6) is -0.00583. The molecule has 1 amide bonds. The summed E-state index contributed by atoms with van der Waals surface area (Å²) in [6.45, 7) is 8.60. The normalized spacial score (nSPS) is 10.4. The van der Waals surface area contributed by atoms with Crippen molar-refractivity contribution in [2.75, 3.05) is 11.4 Å². The standard InChI is InChI=1S/C17H20N2O/c1-5-19(16-10-12(2)6-7-13(16)3)17(20)15-9-8-14(4)18-11-15/h6-11H,5H2,1-4H3. The van der Waals surface area contributed by atoms with Gasteiger partial charge < -0.3 is 4.90 Å². The number of carbonyl (C=O) groups is 1. The summed E-state index contributed by atoms with van der Waals surface area (Å²) in [5.41, 5.74) is 4.76. The highest BCUT2D eigenvalue weighted by molar-refractivity contribution is 6.06. The highest BCUT2D eigenvalue weighted by atomic mass is 16.2. The molecule has 2 rings (SSSR count). The Kier molecular flexibility index (Phi) is 4.18. The zero-order valence-electron chi connectivity index (χ0n) is 12.5. The van der Waals surface area contributed by atoms with E-state index in [1.54, 1.807) is 11.1 Å².